The van der Waals surface area contributed by atoms with Crippen LogP contribution in [0.25, 0.3) is 0 Å². The maximum absolute atomic E-state index is 13.8. The molecule has 0 atom stereocenters. The fourth-order valence-electron chi connectivity index (χ4n) is 2.56. The van der Waals surface area contributed by atoms with Gasteiger partial charge in [0.25, 0.3) is 0 Å². The lowest BCUT2D eigenvalue weighted by atomic mass is 10.1. The number of halogens is 2. The van der Waals surface area contributed by atoms with Gasteiger partial charge in [-0.1, -0.05) is 40.2 Å². The monoisotopic (exact) mass is 429 g/mol. The molecule has 0 aromatic heterocycles. The number of hydrogen-bond donors (Lipinski definition) is 2. The van der Waals surface area contributed by atoms with E-state index in [0.717, 1.165) is 10.0 Å². The number of carbonyl (C=O) groups is 1. The minimum Gasteiger partial charge on any atom is -0.488 e. The van der Waals surface area contributed by atoms with E-state index in [9.17, 15) is 9.18 Å². The van der Waals surface area contributed by atoms with Gasteiger partial charge in [-0.25, -0.2) is 9.18 Å². The predicted octanol–water partition coefficient (Wildman–Crippen LogP) is 5.48. The van der Waals surface area contributed by atoms with Gasteiger partial charge in [-0.15, -0.1) is 0 Å². The molecule has 2 N–H and O–H groups in total. The molecule has 27 heavy (non-hydrogen) atoms. The normalized spacial score (nSPS) is 10.4. The van der Waals surface area contributed by atoms with E-state index in [1.54, 1.807) is 36.4 Å². The maximum atomic E-state index is 13.8. The topological polar surface area (TPSA) is 58.6 Å². The van der Waals surface area contributed by atoms with Crippen molar-refractivity contribution in [2.24, 2.45) is 0 Å². The molecule has 0 spiro atoms. The van der Waals surface area contributed by atoms with Crippen LogP contribution in [0.15, 0.2) is 71.2 Å². The smallest absolute Gasteiger partial charge is 0.335 e. The third-order valence-corrected chi connectivity index (χ3v) is 4.45. The summed E-state index contributed by atoms with van der Waals surface area (Å²) in [6, 6.07) is 18.6. The average Bonchev–Trinajstić information content (AvgIpc) is 2.67. The van der Waals surface area contributed by atoms with Crippen molar-refractivity contribution in [1.82, 2.24) is 0 Å². The van der Waals surface area contributed by atoms with Gasteiger partial charge in [0.2, 0.25) is 0 Å². The van der Waals surface area contributed by atoms with Crippen molar-refractivity contribution in [3.63, 3.8) is 0 Å². The molecule has 3 aromatic rings. The standard InChI is InChI=1S/C21H17BrFNO3/c22-17-8-9-20(27-13-15-4-1-2-7-19(15)23)16(10-17)12-24-18-6-3-5-14(11-18)21(25)26/h1-11,24H,12-13H2,(H,25,26). The van der Waals surface area contributed by atoms with Gasteiger partial charge >= 0.3 is 5.97 Å². The van der Waals surface area contributed by atoms with Gasteiger partial charge in [0, 0.05) is 27.8 Å². The van der Waals surface area contributed by atoms with Crippen LogP contribution >= 0.6 is 15.9 Å². The number of aromatic carboxylic acids is 1. The number of ether oxygens (including phenoxy) is 1. The highest BCUT2D eigenvalue weighted by molar-refractivity contribution is 9.10. The third kappa shape index (κ3) is 5.08. The summed E-state index contributed by atoms with van der Waals surface area (Å²) >= 11 is 3.44. The molecule has 0 heterocycles. The van der Waals surface area contributed by atoms with Crippen LogP contribution < -0.4 is 10.1 Å². The largest absolute Gasteiger partial charge is 0.488 e. The zero-order chi connectivity index (χ0) is 19.2. The first-order valence-corrected chi connectivity index (χ1v) is 9.04. The van der Waals surface area contributed by atoms with Crippen LogP contribution in [0.1, 0.15) is 21.5 Å². The second kappa shape index (κ2) is 8.68. The van der Waals surface area contributed by atoms with Gasteiger partial charge in [0.15, 0.2) is 0 Å². The number of rotatable bonds is 7. The highest BCUT2D eigenvalue weighted by Crippen LogP contribution is 2.26. The summed E-state index contributed by atoms with van der Waals surface area (Å²) in [6.07, 6.45) is 0. The zero-order valence-corrected chi connectivity index (χ0v) is 15.9. The van der Waals surface area contributed by atoms with Gasteiger partial charge in [0.1, 0.15) is 18.2 Å². The summed E-state index contributed by atoms with van der Waals surface area (Å²) < 4.78 is 20.5. The third-order valence-electron chi connectivity index (χ3n) is 3.96. The molecular formula is C21H17BrFNO3. The van der Waals surface area contributed by atoms with E-state index in [2.05, 4.69) is 21.2 Å². The van der Waals surface area contributed by atoms with Crippen molar-refractivity contribution >= 4 is 27.6 Å². The van der Waals surface area contributed by atoms with Gasteiger partial charge in [-0.2, -0.15) is 0 Å². The van der Waals surface area contributed by atoms with Crippen molar-refractivity contribution in [3.8, 4) is 5.75 Å². The van der Waals surface area contributed by atoms with E-state index >= 15 is 0 Å². The first-order chi connectivity index (χ1) is 13.0. The lowest BCUT2D eigenvalue weighted by Gasteiger charge is -2.14. The van der Waals surface area contributed by atoms with Crippen molar-refractivity contribution in [3.05, 3.63) is 93.7 Å². The van der Waals surface area contributed by atoms with Gasteiger partial charge in [-0.05, 0) is 42.5 Å². The molecule has 0 bridgehead atoms. The number of benzene rings is 3. The summed E-state index contributed by atoms with van der Waals surface area (Å²) in [5.41, 5.74) is 2.25. The van der Waals surface area contributed by atoms with Crippen LogP contribution in [0, 0.1) is 5.82 Å². The van der Waals surface area contributed by atoms with Crippen LogP contribution in [0.5, 0.6) is 5.75 Å². The fraction of sp³-hybridized carbons (Fsp3) is 0.0952. The number of carboxylic acid groups (broad SMARTS) is 1. The summed E-state index contributed by atoms with van der Waals surface area (Å²) in [5, 5.41) is 12.3. The molecule has 0 unspecified atom stereocenters. The molecule has 138 valence electrons. The van der Waals surface area contributed by atoms with Crippen LogP contribution in [0.3, 0.4) is 0 Å². The van der Waals surface area contributed by atoms with Crippen LogP contribution in [-0.4, -0.2) is 11.1 Å². The number of nitrogens with one attached hydrogen (secondary N) is 1. The molecule has 0 amide bonds. The zero-order valence-electron chi connectivity index (χ0n) is 14.3. The first-order valence-electron chi connectivity index (χ1n) is 8.25. The minimum atomic E-state index is -0.977. The fourth-order valence-corrected chi connectivity index (χ4v) is 2.97. The Morgan fingerprint density at radius 2 is 1.85 bits per heavy atom. The molecule has 0 radical (unpaired) electrons. The molecule has 0 fully saturated rings. The molecule has 0 saturated heterocycles. The molecule has 0 aliphatic carbocycles. The lowest BCUT2D eigenvalue weighted by Crippen LogP contribution is -2.05. The van der Waals surface area contributed by atoms with E-state index in [4.69, 9.17) is 9.84 Å². The van der Waals surface area contributed by atoms with Crippen molar-refractivity contribution < 1.29 is 19.0 Å². The van der Waals surface area contributed by atoms with Crippen LogP contribution in [0.4, 0.5) is 10.1 Å². The summed E-state index contributed by atoms with van der Waals surface area (Å²) in [5.74, 6) is -0.655. The summed E-state index contributed by atoms with van der Waals surface area (Å²) in [6.45, 7) is 0.547. The summed E-state index contributed by atoms with van der Waals surface area (Å²) in [7, 11) is 0. The van der Waals surface area contributed by atoms with E-state index < -0.39 is 5.97 Å². The molecule has 0 aliphatic heterocycles. The molecule has 0 aliphatic rings. The van der Waals surface area contributed by atoms with Crippen molar-refractivity contribution in [1.29, 1.82) is 0 Å². The highest BCUT2D eigenvalue weighted by Gasteiger charge is 2.08. The van der Waals surface area contributed by atoms with Gasteiger partial charge in [-0.3, -0.25) is 0 Å². The van der Waals surface area contributed by atoms with Crippen LogP contribution in [0.2, 0.25) is 0 Å². The Kier molecular flexibility index (Phi) is 6.08. The number of hydrogen-bond acceptors (Lipinski definition) is 3. The van der Waals surface area contributed by atoms with Crippen molar-refractivity contribution in [2.75, 3.05) is 5.32 Å². The average molecular weight is 430 g/mol. The van der Waals surface area contributed by atoms with Crippen LogP contribution in [-0.2, 0) is 13.2 Å². The molecule has 4 nitrogen and oxygen atoms in total. The van der Waals surface area contributed by atoms with E-state index in [-0.39, 0.29) is 18.0 Å². The Morgan fingerprint density at radius 1 is 1.04 bits per heavy atom. The Labute approximate surface area is 164 Å². The van der Waals surface area contributed by atoms with E-state index in [1.165, 1.54) is 12.1 Å². The second-order valence-electron chi connectivity index (χ2n) is 5.87. The molecule has 3 aromatic carbocycles. The summed E-state index contributed by atoms with van der Waals surface area (Å²) in [4.78, 5) is 11.1. The minimum absolute atomic E-state index is 0.121. The lowest BCUT2D eigenvalue weighted by molar-refractivity contribution is 0.0697. The van der Waals surface area contributed by atoms with Gasteiger partial charge in [0.05, 0.1) is 5.56 Å². The Morgan fingerprint density at radius 3 is 2.63 bits per heavy atom. The Hall–Kier alpha value is -2.86. The SMILES string of the molecule is O=C(O)c1cccc(NCc2cc(Br)ccc2OCc2ccccc2F)c1. The van der Waals surface area contributed by atoms with E-state index in [0.29, 0.717) is 23.5 Å². The quantitative estimate of drug-likeness (QED) is 0.522. The highest BCUT2D eigenvalue weighted by atomic mass is 79.9. The second-order valence-corrected chi connectivity index (χ2v) is 6.79. The molecular weight excluding hydrogens is 413 g/mol. The molecule has 0 saturated carbocycles. The number of anilines is 1. The van der Waals surface area contributed by atoms with Gasteiger partial charge < -0.3 is 15.2 Å². The molecule has 6 heteroatoms. The maximum Gasteiger partial charge on any atom is 0.335 e. The predicted molar refractivity (Wildman–Crippen MR) is 106 cm³/mol. The number of carboxylic acids is 1. The van der Waals surface area contributed by atoms with Crippen molar-refractivity contribution in [2.45, 2.75) is 13.2 Å². The Balaban J connectivity index is 1.73. The van der Waals surface area contributed by atoms with E-state index in [1.807, 2.05) is 18.2 Å². The first kappa shape index (κ1) is 18.9. The Bertz CT molecular complexity index is 962. The molecule has 3 rings (SSSR count).